The van der Waals surface area contributed by atoms with Gasteiger partial charge >= 0.3 is 0 Å². The summed E-state index contributed by atoms with van der Waals surface area (Å²) in [6, 6.07) is 0.744. The van der Waals surface area contributed by atoms with Crippen molar-refractivity contribution < 1.29 is 0 Å². The molecule has 1 aliphatic rings. The average molecular weight is 211 g/mol. The van der Waals surface area contributed by atoms with E-state index in [1.165, 1.54) is 38.8 Å². The second kappa shape index (κ2) is 5.34. The monoisotopic (exact) mass is 211 g/mol. The van der Waals surface area contributed by atoms with Crippen LogP contribution in [0.2, 0.25) is 0 Å². The van der Waals surface area contributed by atoms with Gasteiger partial charge in [-0.25, -0.2) is 0 Å². The molecule has 0 radical (unpaired) electrons. The Morgan fingerprint density at radius 2 is 1.67 bits per heavy atom. The Kier molecular flexibility index (Phi) is 4.64. The molecule has 0 amide bonds. The van der Waals surface area contributed by atoms with Crippen molar-refractivity contribution in [2.24, 2.45) is 11.3 Å². The lowest BCUT2D eigenvalue weighted by molar-refractivity contribution is 0.138. The Bertz CT molecular complexity index is 170. The third kappa shape index (κ3) is 5.01. The lowest BCUT2D eigenvalue weighted by Crippen LogP contribution is -2.38. The van der Waals surface area contributed by atoms with Crippen LogP contribution < -0.4 is 0 Å². The lowest BCUT2D eigenvalue weighted by Gasteiger charge is -2.35. The van der Waals surface area contributed by atoms with Crippen molar-refractivity contribution in [1.29, 1.82) is 0 Å². The summed E-state index contributed by atoms with van der Waals surface area (Å²) in [6.45, 7) is 14.4. The SMILES string of the molecule is CC(C)N1CCC(CCC(C)(C)C)CC1. The Labute approximate surface area is 96.2 Å². The Morgan fingerprint density at radius 3 is 2.07 bits per heavy atom. The number of nitrogens with zero attached hydrogens (tertiary/aromatic N) is 1. The topological polar surface area (TPSA) is 3.24 Å². The summed E-state index contributed by atoms with van der Waals surface area (Å²) >= 11 is 0. The summed E-state index contributed by atoms with van der Waals surface area (Å²) in [5, 5.41) is 0. The van der Waals surface area contributed by atoms with Crippen LogP contribution in [0.15, 0.2) is 0 Å². The molecule has 0 aliphatic carbocycles. The van der Waals surface area contributed by atoms with Crippen molar-refractivity contribution >= 4 is 0 Å². The number of hydrogen-bond acceptors (Lipinski definition) is 1. The van der Waals surface area contributed by atoms with Gasteiger partial charge in [-0.1, -0.05) is 20.8 Å². The Morgan fingerprint density at radius 1 is 1.13 bits per heavy atom. The van der Waals surface area contributed by atoms with Gasteiger partial charge in [0.2, 0.25) is 0 Å². The van der Waals surface area contributed by atoms with Gasteiger partial charge < -0.3 is 4.90 Å². The molecule has 0 atom stereocenters. The van der Waals surface area contributed by atoms with Crippen molar-refractivity contribution in [2.45, 2.75) is 66.3 Å². The third-order valence-electron chi connectivity index (χ3n) is 3.68. The minimum absolute atomic E-state index is 0.523. The molecule has 15 heavy (non-hydrogen) atoms. The maximum Gasteiger partial charge on any atom is 0.00385 e. The van der Waals surface area contributed by atoms with Crippen LogP contribution >= 0.6 is 0 Å². The van der Waals surface area contributed by atoms with E-state index in [2.05, 4.69) is 39.5 Å². The average Bonchev–Trinajstić information content (AvgIpc) is 2.14. The van der Waals surface area contributed by atoms with E-state index in [1.807, 2.05) is 0 Å². The minimum Gasteiger partial charge on any atom is -0.301 e. The number of piperidine rings is 1. The first-order valence-corrected chi connectivity index (χ1v) is 6.62. The first-order valence-electron chi connectivity index (χ1n) is 6.62. The summed E-state index contributed by atoms with van der Waals surface area (Å²) in [5.41, 5.74) is 0.523. The zero-order valence-electron chi connectivity index (χ0n) is 11.3. The summed E-state index contributed by atoms with van der Waals surface area (Å²) in [6.07, 6.45) is 5.68. The molecule has 0 N–H and O–H groups in total. The molecule has 1 rings (SSSR count). The van der Waals surface area contributed by atoms with Gasteiger partial charge in [0.1, 0.15) is 0 Å². The molecule has 0 spiro atoms. The van der Waals surface area contributed by atoms with Gasteiger partial charge in [0.15, 0.2) is 0 Å². The zero-order chi connectivity index (χ0) is 11.5. The predicted molar refractivity (Wildman–Crippen MR) is 68.1 cm³/mol. The zero-order valence-corrected chi connectivity index (χ0v) is 11.3. The quantitative estimate of drug-likeness (QED) is 0.683. The summed E-state index contributed by atoms with van der Waals surface area (Å²) in [4.78, 5) is 2.62. The molecule has 1 nitrogen and oxygen atoms in total. The molecule has 1 aliphatic heterocycles. The van der Waals surface area contributed by atoms with Crippen LogP contribution in [-0.2, 0) is 0 Å². The molecule has 0 aromatic rings. The van der Waals surface area contributed by atoms with Crippen LogP contribution in [0.1, 0.15) is 60.3 Å². The largest absolute Gasteiger partial charge is 0.301 e. The first-order chi connectivity index (χ1) is 6.88. The van der Waals surface area contributed by atoms with Gasteiger partial charge in [0, 0.05) is 6.04 Å². The van der Waals surface area contributed by atoms with Crippen molar-refractivity contribution in [3.05, 3.63) is 0 Å². The van der Waals surface area contributed by atoms with Crippen molar-refractivity contribution in [2.75, 3.05) is 13.1 Å². The highest BCUT2D eigenvalue weighted by Gasteiger charge is 2.22. The van der Waals surface area contributed by atoms with Gasteiger partial charge in [0.05, 0.1) is 0 Å². The van der Waals surface area contributed by atoms with Gasteiger partial charge in [-0.05, 0) is 64.0 Å². The molecule has 0 saturated carbocycles. The lowest BCUT2D eigenvalue weighted by atomic mass is 9.83. The summed E-state index contributed by atoms with van der Waals surface area (Å²) in [7, 11) is 0. The van der Waals surface area contributed by atoms with Gasteiger partial charge in [-0.15, -0.1) is 0 Å². The molecule has 1 saturated heterocycles. The fourth-order valence-corrected chi connectivity index (χ4v) is 2.40. The van der Waals surface area contributed by atoms with E-state index >= 15 is 0 Å². The maximum absolute atomic E-state index is 2.62. The third-order valence-corrected chi connectivity index (χ3v) is 3.68. The minimum atomic E-state index is 0.523. The number of hydrogen-bond donors (Lipinski definition) is 0. The van der Waals surface area contributed by atoms with E-state index in [4.69, 9.17) is 0 Å². The van der Waals surface area contributed by atoms with E-state index in [-0.39, 0.29) is 0 Å². The van der Waals surface area contributed by atoms with Crippen LogP contribution in [0, 0.1) is 11.3 Å². The van der Waals surface area contributed by atoms with E-state index < -0.39 is 0 Å². The number of likely N-dealkylation sites (tertiary alicyclic amines) is 1. The van der Waals surface area contributed by atoms with E-state index in [0.717, 1.165) is 12.0 Å². The molecule has 1 heteroatoms. The fraction of sp³-hybridized carbons (Fsp3) is 1.00. The highest BCUT2D eigenvalue weighted by molar-refractivity contribution is 4.76. The Hall–Kier alpha value is -0.0400. The van der Waals surface area contributed by atoms with Crippen LogP contribution in [0.3, 0.4) is 0 Å². The predicted octanol–water partition coefficient (Wildman–Crippen LogP) is 3.93. The normalized spacial score (nSPS) is 21.2. The molecular weight excluding hydrogens is 182 g/mol. The van der Waals surface area contributed by atoms with E-state index in [1.54, 1.807) is 0 Å². The first kappa shape index (κ1) is 13.0. The molecule has 0 aromatic heterocycles. The van der Waals surface area contributed by atoms with E-state index in [9.17, 15) is 0 Å². The molecule has 1 fully saturated rings. The molecule has 1 heterocycles. The second-order valence-corrected chi connectivity index (χ2v) is 6.67. The van der Waals surface area contributed by atoms with E-state index in [0.29, 0.717) is 5.41 Å². The van der Waals surface area contributed by atoms with Gasteiger partial charge in [-0.3, -0.25) is 0 Å². The highest BCUT2D eigenvalue weighted by Crippen LogP contribution is 2.29. The molecular formula is C14H29N. The number of rotatable bonds is 3. The molecule has 0 unspecified atom stereocenters. The van der Waals surface area contributed by atoms with Crippen molar-refractivity contribution in [3.63, 3.8) is 0 Å². The molecule has 90 valence electrons. The van der Waals surface area contributed by atoms with Crippen LogP contribution in [0.5, 0.6) is 0 Å². The van der Waals surface area contributed by atoms with Gasteiger partial charge in [0.25, 0.3) is 0 Å². The molecule has 0 bridgehead atoms. The standard InChI is InChI=1S/C14H29N/c1-12(2)15-10-7-13(8-11-15)6-9-14(3,4)5/h12-13H,6-11H2,1-5H3. The second-order valence-electron chi connectivity index (χ2n) is 6.67. The molecule has 0 aromatic carbocycles. The van der Waals surface area contributed by atoms with Crippen molar-refractivity contribution in [1.82, 2.24) is 4.90 Å². The fourth-order valence-electron chi connectivity index (χ4n) is 2.40. The Balaban J connectivity index is 2.20. The maximum atomic E-state index is 2.62. The highest BCUT2D eigenvalue weighted by atomic mass is 15.1. The van der Waals surface area contributed by atoms with Crippen LogP contribution in [-0.4, -0.2) is 24.0 Å². The smallest absolute Gasteiger partial charge is 0.00385 e. The summed E-state index contributed by atoms with van der Waals surface area (Å²) in [5.74, 6) is 0.999. The van der Waals surface area contributed by atoms with Crippen LogP contribution in [0.4, 0.5) is 0 Å². The summed E-state index contributed by atoms with van der Waals surface area (Å²) < 4.78 is 0. The van der Waals surface area contributed by atoms with Crippen molar-refractivity contribution in [3.8, 4) is 0 Å². The van der Waals surface area contributed by atoms with Gasteiger partial charge in [-0.2, -0.15) is 0 Å². The van der Waals surface area contributed by atoms with Crippen LogP contribution in [0.25, 0.3) is 0 Å².